The van der Waals surface area contributed by atoms with Gasteiger partial charge in [-0.1, -0.05) is 29.8 Å². The predicted octanol–water partition coefficient (Wildman–Crippen LogP) is 3.05. The molecule has 0 aliphatic heterocycles. The van der Waals surface area contributed by atoms with E-state index in [0.717, 1.165) is 0 Å². The van der Waals surface area contributed by atoms with Crippen LogP contribution in [0.15, 0.2) is 27.3 Å². The maximum Gasteiger partial charge on any atom is 0.256 e. The lowest BCUT2D eigenvalue weighted by Gasteiger charge is -1.98. The lowest BCUT2D eigenvalue weighted by molar-refractivity contribution is -0.108. The Balaban J connectivity index is 5.07. The summed E-state index contributed by atoms with van der Waals surface area (Å²) in [5, 5.41) is -0.853. The smallest absolute Gasteiger partial charge is 0.256 e. The molecule has 0 amide bonds. The van der Waals surface area contributed by atoms with Crippen molar-refractivity contribution in [3.8, 4) is 0 Å². The van der Waals surface area contributed by atoms with Crippen LogP contribution in [0.1, 0.15) is 6.92 Å². The van der Waals surface area contributed by atoms with Gasteiger partial charge in [0.25, 0.3) is 5.24 Å². The van der Waals surface area contributed by atoms with Gasteiger partial charge in [0.2, 0.25) is 0 Å². The Morgan fingerprint density at radius 1 is 1.42 bits per heavy atom. The number of nitrogens with zero attached hydrogens (tertiary/aromatic N) is 1. The van der Waals surface area contributed by atoms with Gasteiger partial charge in [-0.3, -0.25) is 4.79 Å². The Labute approximate surface area is 85.5 Å². The molecule has 12 heavy (non-hydrogen) atoms. The summed E-state index contributed by atoms with van der Waals surface area (Å²) in [5.41, 5.74) is -0.0712. The molecule has 0 radical (unpaired) electrons. The Bertz CT molecular complexity index is 252. The first-order valence-electron chi connectivity index (χ1n) is 2.93. The van der Waals surface area contributed by atoms with Crippen LogP contribution >= 0.6 is 34.8 Å². The Kier molecular flexibility index (Phi) is 5.22. The average molecular weight is 226 g/mol. The van der Waals surface area contributed by atoms with E-state index >= 15 is 0 Å². The van der Waals surface area contributed by atoms with Crippen molar-refractivity contribution in [2.24, 2.45) is 4.99 Å². The molecule has 0 aliphatic rings. The number of rotatable bonds is 3. The molecule has 0 unspecified atom stereocenters. The quantitative estimate of drug-likeness (QED) is 0.239. The van der Waals surface area contributed by atoms with E-state index in [9.17, 15) is 4.79 Å². The van der Waals surface area contributed by atoms with Crippen molar-refractivity contribution >= 4 is 46.3 Å². The lowest BCUT2D eigenvalue weighted by Crippen LogP contribution is -1.95. The van der Waals surface area contributed by atoms with Crippen LogP contribution < -0.4 is 0 Å². The number of halogens is 3. The van der Waals surface area contributed by atoms with E-state index < -0.39 is 5.24 Å². The van der Waals surface area contributed by atoms with Crippen molar-refractivity contribution in [3.63, 3.8) is 0 Å². The maximum atomic E-state index is 10.7. The van der Waals surface area contributed by atoms with E-state index in [1.165, 1.54) is 6.21 Å². The van der Waals surface area contributed by atoms with E-state index in [2.05, 4.69) is 11.6 Å². The molecule has 0 spiro atoms. The number of allylic oxidation sites excluding steroid dienone is 2. The molecule has 0 aromatic carbocycles. The third-order valence-corrected chi connectivity index (χ3v) is 1.58. The Hall–Kier alpha value is -0.310. The van der Waals surface area contributed by atoms with Gasteiger partial charge < -0.3 is 0 Å². The fourth-order valence-electron chi connectivity index (χ4n) is 0.478. The monoisotopic (exact) mass is 225 g/mol. The molecule has 66 valence electrons. The highest BCUT2D eigenvalue weighted by Crippen LogP contribution is 2.22. The SMILES string of the molecule is C=C(Cl)/C(C(=O)Cl)=C(/Cl)N=CC. The van der Waals surface area contributed by atoms with Crippen LogP contribution in [0.3, 0.4) is 0 Å². The van der Waals surface area contributed by atoms with Crippen LogP contribution in [-0.4, -0.2) is 11.5 Å². The van der Waals surface area contributed by atoms with Crippen LogP contribution in [0, 0.1) is 0 Å². The highest BCUT2D eigenvalue weighted by atomic mass is 35.5. The van der Waals surface area contributed by atoms with Crippen LogP contribution in [0.5, 0.6) is 0 Å². The van der Waals surface area contributed by atoms with E-state index in [1.54, 1.807) is 6.92 Å². The van der Waals surface area contributed by atoms with Crippen molar-refractivity contribution in [1.82, 2.24) is 0 Å². The van der Waals surface area contributed by atoms with Gasteiger partial charge >= 0.3 is 0 Å². The van der Waals surface area contributed by atoms with Crippen molar-refractivity contribution in [2.75, 3.05) is 0 Å². The number of hydrogen-bond donors (Lipinski definition) is 0. The summed E-state index contributed by atoms with van der Waals surface area (Å²) in [4.78, 5) is 14.3. The highest BCUT2D eigenvalue weighted by molar-refractivity contribution is 6.70. The first-order valence-corrected chi connectivity index (χ1v) is 4.07. The summed E-state index contributed by atoms with van der Waals surface area (Å²) in [7, 11) is 0. The van der Waals surface area contributed by atoms with Crippen LogP contribution in [0.2, 0.25) is 0 Å². The second-order valence-electron chi connectivity index (χ2n) is 1.73. The van der Waals surface area contributed by atoms with E-state index in [-0.39, 0.29) is 15.8 Å². The number of hydrogen-bond acceptors (Lipinski definition) is 2. The summed E-state index contributed by atoms with van der Waals surface area (Å²) in [6.45, 7) is 4.97. The second-order valence-corrected chi connectivity index (χ2v) is 2.89. The van der Waals surface area contributed by atoms with E-state index in [1.807, 2.05) is 0 Å². The minimum absolute atomic E-state index is 0.0226. The van der Waals surface area contributed by atoms with Gasteiger partial charge in [0.15, 0.2) is 0 Å². The maximum absolute atomic E-state index is 10.7. The van der Waals surface area contributed by atoms with Crippen LogP contribution in [-0.2, 0) is 4.79 Å². The minimum atomic E-state index is -0.773. The lowest BCUT2D eigenvalue weighted by atomic mass is 10.3. The standard InChI is InChI=1S/C7H6Cl3NO/c1-3-11-6(9)5(4(2)8)7(10)12/h3H,2H2,1H3/b6-5+,11-3?. The average Bonchev–Trinajstić information content (AvgIpc) is 1.85. The molecule has 0 aromatic heterocycles. The molecule has 0 bridgehead atoms. The van der Waals surface area contributed by atoms with Crippen molar-refractivity contribution in [1.29, 1.82) is 0 Å². The molecule has 2 nitrogen and oxygen atoms in total. The summed E-state index contributed by atoms with van der Waals surface area (Å²) < 4.78 is 0. The molecule has 0 saturated carbocycles. The zero-order valence-electron chi connectivity index (χ0n) is 6.27. The molecule has 0 atom stereocenters. The molecule has 0 saturated heterocycles. The molecule has 0 aliphatic carbocycles. The summed E-state index contributed by atoms with van der Waals surface area (Å²) >= 11 is 16.2. The van der Waals surface area contributed by atoms with Crippen molar-refractivity contribution in [2.45, 2.75) is 6.92 Å². The third kappa shape index (κ3) is 3.39. The molecular weight excluding hydrogens is 220 g/mol. The predicted molar refractivity (Wildman–Crippen MR) is 52.9 cm³/mol. The fraction of sp³-hybridized carbons (Fsp3) is 0.143. The van der Waals surface area contributed by atoms with Gasteiger partial charge in [-0.2, -0.15) is 0 Å². The van der Waals surface area contributed by atoms with E-state index in [4.69, 9.17) is 34.8 Å². The molecular formula is C7H6Cl3NO. The van der Waals surface area contributed by atoms with Crippen LogP contribution in [0.4, 0.5) is 0 Å². The minimum Gasteiger partial charge on any atom is -0.275 e. The fourth-order valence-corrected chi connectivity index (χ4v) is 1.30. The zero-order valence-corrected chi connectivity index (χ0v) is 8.54. The number of carbonyl (C=O) groups is 1. The van der Waals surface area contributed by atoms with Gasteiger partial charge in [0.1, 0.15) is 5.16 Å². The van der Waals surface area contributed by atoms with Gasteiger partial charge in [-0.15, -0.1) is 0 Å². The third-order valence-electron chi connectivity index (χ3n) is 0.917. The van der Waals surface area contributed by atoms with Gasteiger partial charge in [-0.05, 0) is 18.5 Å². The molecule has 0 fully saturated rings. The van der Waals surface area contributed by atoms with Gasteiger partial charge in [0.05, 0.1) is 5.57 Å². The van der Waals surface area contributed by atoms with E-state index in [0.29, 0.717) is 0 Å². The van der Waals surface area contributed by atoms with Crippen molar-refractivity contribution in [3.05, 3.63) is 22.3 Å². The highest BCUT2D eigenvalue weighted by Gasteiger charge is 2.13. The number of carbonyl (C=O) groups excluding carboxylic acids is 1. The largest absolute Gasteiger partial charge is 0.275 e. The molecule has 5 heteroatoms. The normalized spacial score (nSPS) is 13.0. The van der Waals surface area contributed by atoms with Gasteiger partial charge in [-0.25, -0.2) is 4.99 Å². The zero-order chi connectivity index (χ0) is 9.72. The molecule has 0 heterocycles. The summed E-state index contributed by atoms with van der Waals surface area (Å²) in [6, 6.07) is 0. The molecule has 0 rings (SSSR count). The molecule has 0 N–H and O–H groups in total. The first-order chi connectivity index (χ1) is 5.50. The summed E-state index contributed by atoms with van der Waals surface area (Å²) in [6.07, 6.45) is 1.42. The first kappa shape index (κ1) is 11.7. The second kappa shape index (κ2) is 5.36. The topological polar surface area (TPSA) is 29.4 Å². The summed E-state index contributed by atoms with van der Waals surface area (Å²) in [5.74, 6) is 0. The van der Waals surface area contributed by atoms with Crippen LogP contribution in [0.25, 0.3) is 0 Å². The Morgan fingerprint density at radius 2 is 1.92 bits per heavy atom. The van der Waals surface area contributed by atoms with Gasteiger partial charge in [0, 0.05) is 11.2 Å². The molecule has 0 aromatic rings. The van der Waals surface area contributed by atoms with Crippen molar-refractivity contribution < 1.29 is 4.79 Å². The Morgan fingerprint density at radius 3 is 2.17 bits per heavy atom. The number of aliphatic imine (C=N–C) groups is 1.